The third-order valence-corrected chi connectivity index (χ3v) is 2.84. The second-order valence-corrected chi connectivity index (χ2v) is 4.01. The number of hydrogen-bond donors (Lipinski definition) is 2. The Bertz CT molecular complexity index is 255. The highest BCUT2D eigenvalue weighted by molar-refractivity contribution is 5.85. The third-order valence-electron chi connectivity index (χ3n) is 2.84. The van der Waals surface area contributed by atoms with Gasteiger partial charge in [0.2, 0.25) is 5.91 Å². The number of carbonyl (C=O) groups excluding carboxylic acids is 1. The molecule has 5 heteroatoms. The molecule has 15 heavy (non-hydrogen) atoms. The summed E-state index contributed by atoms with van der Waals surface area (Å²) in [7, 11) is 0. The molecule has 1 unspecified atom stereocenters. The zero-order chi connectivity index (χ0) is 11.4. The molecule has 3 N–H and O–H groups in total. The number of carboxylic acids is 1. The Morgan fingerprint density at radius 3 is 2.80 bits per heavy atom. The average Bonchev–Trinajstić information content (AvgIpc) is 2.65. The summed E-state index contributed by atoms with van der Waals surface area (Å²) in [6, 6.07) is -0.627. The maximum atomic E-state index is 11.9. The summed E-state index contributed by atoms with van der Waals surface area (Å²) >= 11 is 0. The molecule has 86 valence electrons. The van der Waals surface area contributed by atoms with E-state index in [1.165, 1.54) is 4.90 Å². The normalized spacial score (nSPS) is 22.8. The molecule has 0 radical (unpaired) electrons. The minimum Gasteiger partial charge on any atom is -0.480 e. The Kier molecular flexibility index (Phi) is 4.08. The smallest absolute Gasteiger partial charge is 0.326 e. The van der Waals surface area contributed by atoms with Crippen LogP contribution in [0.25, 0.3) is 0 Å². The lowest BCUT2D eigenvalue weighted by Crippen LogP contribution is -2.43. The number of hydrogen-bond acceptors (Lipinski definition) is 3. The Labute approximate surface area is 89.2 Å². The van der Waals surface area contributed by atoms with Crippen molar-refractivity contribution in [2.24, 2.45) is 11.7 Å². The number of amides is 1. The first kappa shape index (κ1) is 12.0. The number of nitrogens with two attached hydrogens (primary N) is 1. The first-order chi connectivity index (χ1) is 7.07. The fraction of sp³-hybridized carbons (Fsp3) is 0.800. The van der Waals surface area contributed by atoms with Crippen LogP contribution in [0.1, 0.15) is 26.2 Å². The number of rotatable bonds is 4. The Morgan fingerprint density at radius 1 is 1.60 bits per heavy atom. The van der Waals surface area contributed by atoms with Crippen LogP contribution in [-0.4, -0.2) is 41.0 Å². The van der Waals surface area contributed by atoms with Gasteiger partial charge in [-0.3, -0.25) is 4.79 Å². The predicted molar refractivity (Wildman–Crippen MR) is 55.2 cm³/mol. The van der Waals surface area contributed by atoms with Gasteiger partial charge in [-0.1, -0.05) is 6.92 Å². The molecule has 0 aromatic heterocycles. The van der Waals surface area contributed by atoms with Crippen molar-refractivity contribution in [3.63, 3.8) is 0 Å². The van der Waals surface area contributed by atoms with Gasteiger partial charge in [0.05, 0.1) is 0 Å². The fourth-order valence-corrected chi connectivity index (χ4v) is 1.94. The van der Waals surface area contributed by atoms with E-state index in [9.17, 15) is 9.59 Å². The van der Waals surface area contributed by atoms with Crippen molar-refractivity contribution in [2.45, 2.75) is 32.2 Å². The molecule has 1 saturated heterocycles. The monoisotopic (exact) mass is 214 g/mol. The largest absolute Gasteiger partial charge is 0.480 e. The van der Waals surface area contributed by atoms with Gasteiger partial charge in [-0.05, 0) is 25.8 Å². The average molecular weight is 214 g/mol. The minimum atomic E-state index is -0.902. The Morgan fingerprint density at radius 2 is 2.27 bits per heavy atom. The van der Waals surface area contributed by atoms with E-state index in [-0.39, 0.29) is 11.8 Å². The van der Waals surface area contributed by atoms with Gasteiger partial charge in [0.15, 0.2) is 0 Å². The van der Waals surface area contributed by atoms with Crippen molar-refractivity contribution in [3.05, 3.63) is 0 Å². The van der Waals surface area contributed by atoms with E-state index in [0.29, 0.717) is 25.9 Å². The van der Waals surface area contributed by atoms with E-state index < -0.39 is 12.0 Å². The second kappa shape index (κ2) is 5.11. The highest BCUT2D eigenvalue weighted by Gasteiger charge is 2.35. The molecule has 0 aliphatic carbocycles. The van der Waals surface area contributed by atoms with Crippen LogP contribution in [0.5, 0.6) is 0 Å². The molecule has 1 aliphatic heterocycles. The van der Waals surface area contributed by atoms with Crippen LogP contribution in [0.3, 0.4) is 0 Å². The zero-order valence-electron chi connectivity index (χ0n) is 8.98. The van der Waals surface area contributed by atoms with Gasteiger partial charge in [0.25, 0.3) is 0 Å². The first-order valence-electron chi connectivity index (χ1n) is 5.31. The predicted octanol–water partition coefficient (Wildman–Crippen LogP) is 0.0469. The maximum absolute atomic E-state index is 11.9. The van der Waals surface area contributed by atoms with Crippen LogP contribution in [0.2, 0.25) is 0 Å². The summed E-state index contributed by atoms with van der Waals surface area (Å²) in [6.45, 7) is 2.82. The van der Waals surface area contributed by atoms with Crippen LogP contribution in [-0.2, 0) is 9.59 Å². The standard InChI is InChI=1S/C10H18N2O3/c1-7(4-5-11)9(13)12-6-2-3-8(12)10(14)15/h7-8H,2-6,11H2,1H3,(H,14,15)/t7?,8-/m1/s1. The Hall–Kier alpha value is -1.10. The molecule has 0 aromatic rings. The van der Waals surface area contributed by atoms with Crippen molar-refractivity contribution in [3.8, 4) is 0 Å². The molecule has 1 aliphatic rings. The van der Waals surface area contributed by atoms with E-state index >= 15 is 0 Å². The molecule has 1 amide bonds. The van der Waals surface area contributed by atoms with E-state index in [2.05, 4.69) is 0 Å². The van der Waals surface area contributed by atoms with Gasteiger partial charge in [0.1, 0.15) is 6.04 Å². The van der Waals surface area contributed by atoms with Crippen molar-refractivity contribution in [2.75, 3.05) is 13.1 Å². The number of likely N-dealkylation sites (tertiary alicyclic amines) is 1. The summed E-state index contributed by atoms with van der Waals surface area (Å²) in [6.07, 6.45) is 1.95. The molecule has 1 rings (SSSR count). The lowest BCUT2D eigenvalue weighted by atomic mass is 10.1. The summed E-state index contributed by atoms with van der Waals surface area (Å²) in [5.74, 6) is -1.15. The number of nitrogens with zero attached hydrogens (tertiary/aromatic N) is 1. The molecular weight excluding hydrogens is 196 g/mol. The summed E-state index contributed by atoms with van der Waals surface area (Å²) in [5.41, 5.74) is 5.37. The van der Waals surface area contributed by atoms with E-state index in [1.807, 2.05) is 0 Å². The van der Waals surface area contributed by atoms with Crippen molar-refractivity contribution in [1.82, 2.24) is 4.90 Å². The summed E-state index contributed by atoms with van der Waals surface area (Å²) in [5, 5.41) is 8.93. The molecule has 0 aromatic carbocycles. The van der Waals surface area contributed by atoms with Gasteiger partial charge >= 0.3 is 5.97 Å². The molecule has 0 spiro atoms. The van der Waals surface area contributed by atoms with Crippen LogP contribution in [0.15, 0.2) is 0 Å². The highest BCUT2D eigenvalue weighted by atomic mass is 16.4. The quantitative estimate of drug-likeness (QED) is 0.692. The van der Waals surface area contributed by atoms with Gasteiger partial charge in [0, 0.05) is 12.5 Å². The molecular formula is C10H18N2O3. The number of aliphatic carboxylic acids is 1. The van der Waals surface area contributed by atoms with E-state index in [1.54, 1.807) is 6.92 Å². The Balaban J connectivity index is 2.62. The van der Waals surface area contributed by atoms with Crippen LogP contribution in [0.4, 0.5) is 0 Å². The van der Waals surface area contributed by atoms with Crippen molar-refractivity contribution >= 4 is 11.9 Å². The van der Waals surface area contributed by atoms with E-state index in [0.717, 1.165) is 6.42 Å². The third kappa shape index (κ3) is 2.68. The topological polar surface area (TPSA) is 83.6 Å². The second-order valence-electron chi connectivity index (χ2n) is 4.01. The van der Waals surface area contributed by atoms with Gasteiger partial charge in [-0.2, -0.15) is 0 Å². The SMILES string of the molecule is CC(CCN)C(=O)N1CCC[C@@H]1C(=O)O. The number of carboxylic acid groups (broad SMARTS) is 1. The van der Waals surface area contributed by atoms with Gasteiger partial charge in [-0.25, -0.2) is 4.79 Å². The highest BCUT2D eigenvalue weighted by Crippen LogP contribution is 2.20. The molecule has 5 nitrogen and oxygen atoms in total. The van der Waals surface area contributed by atoms with Gasteiger partial charge < -0.3 is 15.7 Å². The summed E-state index contributed by atoms with van der Waals surface area (Å²) < 4.78 is 0. The van der Waals surface area contributed by atoms with Crippen LogP contribution >= 0.6 is 0 Å². The molecule has 2 atom stereocenters. The van der Waals surface area contributed by atoms with Crippen LogP contribution in [0, 0.1) is 5.92 Å². The lowest BCUT2D eigenvalue weighted by molar-refractivity contribution is -0.149. The van der Waals surface area contributed by atoms with Crippen molar-refractivity contribution < 1.29 is 14.7 Å². The molecule has 0 saturated carbocycles. The minimum absolute atomic E-state index is 0.0784. The zero-order valence-corrected chi connectivity index (χ0v) is 8.98. The fourth-order valence-electron chi connectivity index (χ4n) is 1.94. The molecule has 1 heterocycles. The van der Waals surface area contributed by atoms with E-state index in [4.69, 9.17) is 10.8 Å². The van der Waals surface area contributed by atoms with Crippen molar-refractivity contribution in [1.29, 1.82) is 0 Å². The van der Waals surface area contributed by atoms with Gasteiger partial charge in [-0.15, -0.1) is 0 Å². The number of carbonyl (C=O) groups is 2. The summed E-state index contributed by atoms with van der Waals surface area (Å²) in [4.78, 5) is 24.2. The van der Waals surface area contributed by atoms with Crippen LogP contribution < -0.4 is 5.73 Å². The first-order valence-corrected chi connectivity index (χ1v) is 5.31. The lowest BCUT2D eigenvalue weighted by Gasteiger charge is -2.24. The molecule has 0 bridgehead atoms. The maximum Gasteiger partial charge on any atom is 0.326 e. The molecule has 1 fully saturated rings.